The molecule has 1 heterocycles. The van der Waals surface area contributed by atoms with Crippen LogP contribution in [0.15, 0.2) is 72.8 Å². The maximum atomic E-state index is 12.8. The second-order valence-electron chi connectivity index (χ2n) is 5.97. The highest BCUT2D eigenvalue weighted by Gasteiger charge is 2.17. The van der Waals surface area contributed by atoms with Gasteiger partial charge in [-0.2, -0.15) is 0 Å². The van der Waals surface area contributed by atoms with Crippen LogP contribution in [0.3, 0.4) is 0 Å². The molecule has 4 rings (SSSR count). The SMILES string of the molecule is Nc1cccc(C(=O)OCC(=O)n2c3ccccc3c3ccccc32)c1. The first-order valence-corrected chi connectivity index (χ1v) is 8.19. The van der Waals surface area contributed by atoms with Gasteiger partial charge in [0, 0.05) is 16.5 Å². The molecular weight excluding hydrogens is 328 g/mol. The number of hydrogen-bond acceptors (Lipinski definition) is 4. The first kappa shape index (κ1) is 15.9. The van der Waals surface area contributed by atoms with Gasteiger partial charge in [0.15, 0.2) is 6.61 Å². The molecule has 0 aliphatic carbocycles. The Kier molecular flexibility index (Phi) is 3.89. The van der Waals surface area contributed by atoms with Crippen molar-refractivity contribution in [1.82, 2.24) is 4.57 Å². The minimum Gasteiger partial charge on any atom is -0.452 e. The van der Waals surface area contributed by atoms with Crippen molar-refractivity contribution in [3.63, 3.8) is 0 Å². The topological polar surface area (TPSA) is 74.3 Å². The van der Waals surface area contributed by atoms with Crippen molar-refractivity contribution in [3.05, 3.63) is 78.4 Å². The van der Waals surface area contributed by atoms with Gasteiger partial charge in [0.05, 0.1) is 16.6 Å². The fourth-order valence-corrected chi connectivity index (χ4v) is 3.13. The van der Waals surface area contributed by atoms with Crippen LogP contribution < -0.4 is 5.73 Å². The van der Waals surface area contributed by atoms with E-state index in [1.54, 1.807) is 22.8 Å². The van der Waals surface area contributed by atoms with Gasteiger partial charge in [-0.15, -0.1) is 0 Å². The third-order valence-electron chi connectivity index (χ3n) is 4.28. The molecule has 0 fully saturated rings. The number of nitrogens with zero attached hydrogens (tertiary/aromatic N) is 1. The summed E-state index contributed by atoms with van der Waals surface area (Å²) < 4.78 is 6.80. The Morgan fingerprint density at radius 2 is 1.46 bits per heavy atom. The number of benzene rings is 3. The second kappa shape index (κ2) is 6.37. The molecular formula is C21H16N2O3. The minimum atomic E-state index is -0.577. The van der Waals surface area contributed by atoms with Crippen molar-refractivity contribution in [1.29, 1.82) is 0 Å². The molecule has 0 radical (unpaired) electrons. The van der Waals surface area contributed by atoms with Crippen LogP contribution in [0.2, 0.25) is 0 Å². The Morgan fingerprint density at radius 3 is 2.08 bits per heavy atom. The molecule has 1 aromatic heterocycles. The van der Waals surface area contributed by atoms with Crippen molar-refractivity contribution in [2.24, 2.45) is 0 Å². The quantitative estimate of drug-likeness (QED) is 0.452. The van der Waals surface area contributed by atoms with Gasteiger partial charge in [-0.05, 0) is 30.3 Å². The van der Waals surface area contributed by atoms with Crippen molar-refractivity contribution in [2.45, 2.75) is 0 Å². The number of fused-ring (bicyclic) bond motifs is 3. The van der Waals surface area contributed by atoms with E-state index >= 15 is 0 Å². The van der Waals surface area contributed by atoms with Gasteiger partial charge in [0.25, 0.3) is 5.91 Å². The number of carbonyl (C=O) groups is 2. The van der Waals surface area contributed by atoms with Crippen LogP contribution in [0.25, 0.3) is 21.8 Å². The molecule has 0 bridgehead atoms. The van der Waals surface area contributed by atoms with Crippen LogP contribution in [0.5, 0.6) is 0 Å². The van der Waals surface area contributed by atoms with Gasteiger partial charge in [-0.1, -0.05) is 42.5 Å². The molecule has 2 N–H and O–H groups in total. The highest BCUT2D eigenvalue weighted by molar-refractivity contribution is 6.13. The molecule has 3 aromatic carbocycles. The second-order valence-corrected chi connectivity index (χ2v) is 5.97. The van der Waals surface area contributed by atoms with Crippen molar-refractivity contribution < 1.29 is 14.3 Å². The summed E-state index contributed by atoms with van der Waals surface area (Å²) in [5, 5.41) is 1.97. The maximum absolute atomic E-state index is 12.8. The number of nitrogen functional groups attached to an aromatic ring is 1. The predicted octanol–water partition coefficient (Wildman–Crippen LogP) is 3.87. The lowest BCUT2D eigenvalue weighted by Crippen LogP contribution is -2.20. The molecule has 0 spiro atoms. The molecule has 128 valence electrons. The molecule has 4 aromatic rings. The average Bonchev–Trinajstić information content (AvgIpc) is 3.00. The number of anilines is 1. The molecule has 5 heteroatoms. The Bertz CT molecular complexity index is 1090. The van der Waals surface area contributed by atoms with Gasteiger partial charge in [-0.25, -0.2) is 4.79 Å². The summed E-state index contributed by atoms with van der Waals surface area (Å²) in [7, 11) is 0. The summed E-state index contributed by atoms with van der Waals surface area (Å²) in [5.74, 6) is -0.883. The smallest absolute Gasteiger partial charge is 0.338 e. The third kappa shape index (κ3) is 2.69. The van der Waals surface area contributed by atoms with E-state index in [4.69, 9.17) is 10.5 Å². The molecule has 0 saturated heterocycles. The van der Waals surface area contributed by atoms with E-state index in [1.165, 1.54) is 6.07 Å². The van der Waals surface area contributed by atoms with Crippen molar-refractivity contribution in [3.8, 4) is 0 Å². The largest absolute Gasteiger partial charge is 0.452 e. The van der Waals surface area contributed by atoms with E-state index in [1.807, 2.05) is 48.5 Å². The Morgan fingerprint density at radius 1 is 0.846 bits per heavy atom. The number of aromatic nitrogens is 1. The predicted molar refractivity (Wildman–Crippen MR) is 101 cm³/mol. The number of esters is 1. The Labute approximate surface area is 149 Å². The molecule has 0 unspecified atom stereocenters. The molecule has 0 saturated carbocycles. The lowest BCUT2D eigenvalue weighted by Gasteiger charge is -2.08. The number of para-hydroxylation sites is 2. The van der Waals surface area contributed by atoms with Crippen LogP contribution in [0.1, 0.15) is 15.2 Å². The van der Waals surface area contributed by atoms with E-state index < -0.39 is 5.97 Å². The fraction of sp³-hybridized carbons (Fsp3) is 0.0476. The molecule has 0 amide bonds. The zero-order valence-corrected chi connectivity index (χ0v) is 13.9. The van der Waals surface area contributed by atoms with Crippen LogP contribution in [-0.4, -0.2) is 23.1 Å². The molecule has 0 aliphatic rings. The van der Waals surface area contributed by atoms with Crippen LogP contribution in [-0.2, 0) is 4.74 Å². The zero-order valence-electron chi connectivity index (χ0n) is 13.9. The third-order valence-corrected chi connectivity index (χ3v) is 4.28. The molecule has 0 atom stereocenters. The Balaban J connectivity index is 1.65. The maximum Gasteiger partial charge on any atom is 0.338 e. The van der Waals surface area contributed by atoms with Gasteiger partial charge in [0.1, 0.15) is 0 Å². The van der Waals surface area contributed by atoms with E-state index in [9.17, 15) is 9.59 Å². The normalized spacial score (nSPS) is 10.9. The van der Waals surface area contributed by atoms with Gasteiger partial charge in [-0.3, -0.25) is 9.36 Å². The highest BCUT2D eigenvalue weighted by atomic mass is 16.5. The van der Waals surface area contributed by atoms with Crippen LogP contribution in [0, 0.1) is 0 Å². The summed E-state index contributed by atoms with van der Waals surface area (Å²) in [6.45, 7) is -0.351. The lowest BCUT2D eigenvalue weighted by atomic mass is 10.2. The van der Waals surface area contributed by atoms with Gasteiger partial charge < -0.3 is 10.5 Å². The summed E-state index contributed by atoms with van der Waals surface area (Å²) in [5.41, 5.74) is 8.04. The van der Waals surface area contributed by atoms with Crippen LogP contribution >= 0.6 is 0 Å². The minimum absolute atomic E-state index is 0.306. The summed E-state index contributed by atoms with van der Waals surface area (Å²) in [6, 6.07) is 21.8. The van der Waals surface area contributed by atoms with Gasteiger partial charge in [0.2, 0.25) is 0 Å². The lowest BCUT2D eigenvalue weighted by molar-refractivity contribution is 0.0452. The van der Waals surface area contributed by atoms with E-state index in [-0.39, 0.29) is 12.5 Å². The Hall–Kier alpha value is -3.60. The number of rotatable bonds is 3. The van der Waals surface area contributed by atoms with E-state index in [2.05, 4.69) is 0 Å². The molecule has 0 aliphatic heterocycles. The number of ether oxygens (including phenoxy) is 1. The standard InChI is InChI=1S/C21H16N2O3/c22-15-7-5-6-14(12-15)21(25)26-13-20(24)23-18-10-3-1-8-16(18)17-9-2-4-11-19(17)23/h1-12H,13,22H2. The number of nitrogens with two attached hydrogens (primary N) is 1. The summed E-state index contributed by atoms with van der Waals surface area (Å²) in [6.07, 6.45) is 0. The van der Waals surface area contributed by atoms with Crippen molar-refractivity contribution in [2.75, 3.05) is 12.3 Å². The summed E-state index contributed by atoms with van der Waals surface area (Å²) >= 11 is 0. The highest BCUT2D eigenvalue weighted by Crippen LogP contribution is 2.28. The van der Waals surface area contributed by atoms with Gasteiger partial charge >= 0.3 is 5.97 Å². The summed E-state index contributed by atoms with van der Waals surface area (Å²) in [4.78, 5) is 25.0. The monoisotopic (exact) mass is 344 g/mol. The van der Waals surface area contributed by atoms with Crippen LogP contribution in [0.4, 0.5) is 5.69 Å². The fourth-order valence-electron chi connectivity index (χ4n) is 3.13. The average molecular weight is 344 g/mol. The number of hydrogen-bond donors (Lipinski definition) is 1. The first-order valence-electron chi connectivity index (χ1n) is 8.19. The first-order chi connectivity index (χ1) is 12.6. The molecule has 26 heavy (non-hydrogen) atoms. The van der Waals surface area contributed by atoms with E-state index in [0.717, 1.165) is 21.8 Å². The number of carbonyl (C=O) groups excluding carboxylic acids is 2. The van der Waals surface area contributed by atoms with E-state index in [0.29, 0.717) is 11.3 Å². The van der Waals surface area contributed by atoms with Crippen molar-refractivity contribution >= 4 is 39.4 Å². The molecule has 5 nitrogen and oxygen atoms in total. The zero-order chi connectivity index (χ0) is 18.1.